The third kappa shape index (κ3) is 4.61. The maximum Gasteiger partial charge on any atom is 0.317 e. The van der Waals surface area contributed by atoms with E-state index in [1.807, 2.05) is 6.92 Å². The van der Waals surface area contributed by atoms with Gasteiger partial charge in [0.15, 0.2) is 0 Å². The molecule has 0 bridgehead atoms. The van der Waals surface area contributed by atoms with Gasteiger partial charge in [-0.05, 0) is 25.8 Å². The molecule has 15 heavy (non-hydrogen) atoms. The van der Waals surface area contributed by atoms with E-state index in [1.54, 1.807) is 0 Å². The molecule has 0 saturated heterocycles. The average molecular weight is 207 g/mol. The molecule has 0 aliphatic heterocycles. The fourth-order valence-corrected chi connectivity index (χ4v) is 1.41. The van der Waals surface area contributed by atoms with Gasteiger partial charge in [-0.2, -0.15) is 0 Å². The Morgan fingerprint density at radius 2 is 2.00 bits per heavy atom. The lowest BCUT2D eigenvalue weighted by Gasteiger charge is -2.12. The molecule has 0 spiro atoms. The number of hydrogen-bond acceptors (Lipinski definition) is 2. The van der Waals surface area contributed by atoms with Crippen LogP contribution in [0.2, 0.25) is 0 Å². The van der Waals surface area contributed by atoms with Crippen molar-refractivity contribution in [1.29, 1.82) is 0 Å². The lowest BCUT2D eigenvalue weighted by Crippen LogP contribution is -2.32. The predicted molar refractivity (Wildman–Crippen MR) is 60.0 cm³/mol. The van der Waals surface area contributed by atoms with E-state index in [1.165, 1.54) is 11.1 Å². The van der Waals surface area contributed by atoms with Gasteiger partial charge >= 0.3 is 5.97 Å². The molecule has 3 heteroatoms. The van der Waals surface area contributed by atoms with Crippen molar-refractivity contribution < 1.29 is 9.90 Å². The van der Waals surface area contributed by atoms with E-state index in [0.29, 0.717) is 0 Å². The van der Waals surface area contributed by atoms with E-state index < -0.39 is 5.97 Å². The lowest BCUT2D eigenvalue weighted by atomic mass is 10.1. The average Bonchev–Trinajstić information content (AvgIpc) is 2.19. The summed E-state index contributed by atoms with van der Waals surface area (Å²) in [5.74, 6) is -0.814. The van der Waals surface area contributed by atoms with Crippen LogP contribution in [0.4, 0.5) is 0 Å². The van der Waals surface area contributed by atoms with E-state index in [4.69, 9.17) is 5.11 Å². The summed E-state index contributed by atoms with van der Waals surface area (Å²) in [6.45, 7) is 4.06. The summed E-state index contributed by atoms with van der Waals surface area (Å²) in [6, 6.07) is 8.48. The van der Waals surface area contributed by atoms with Crippen LogP contribution >= 0.6 is 0 Å². The van der Waals surface area contributed by atoms with Gasteiger partial charge in [0.1, 0.15) is 0 Å². The maximum atomic E-state index is 10.3. The molecule has 1 rings (SSSR count). The quantitative estimate of drug-likeness (QED) is 0.771. The zero-order valence-corrected chi connectivity index (χ0v) is 9.16. The highest BCUT2D eigenvalue weighted by atomic mass is 16.4. The molecule has 0 aliphatic rings. The van der Waals surface area contributed by atoms with Gasteiger partial charge in [-0.3, -0.25) is 4.79 Å². The third-order valence-corrected chi connectivity index (χ3v) is 2.26. The second-order valence-corrected chi connectivity index (χ2v) is 3.87. The summed E-state index contributed by atoms with van der Waals surface area (Å²) in [4.78, 5) is 10.3. The highest BCUT2D eigenvalue weighted by molar-refractivity contribution is 5.69. The topological polar surface area (TPSA) is 49.3 Å². The van der Waals surface area contributed by atoms with E-state index in [-0.39, 0.29) is 12.6 Å². The normalized spacial score (nSPS) is 12.4. The zero-order chi connectivity index (χ0) is 11.3. The van der Waals surface area contributed by atoms with Crippen molar-refractivity contribution in [2.45, 2.75) is 26.3 Å². The van der Waals surface area contributed by atoms with Crippen molar-refractivity contribution in [3.05, 3.63) is 35.4 Å². The molecule has 3 nitrogen and oxygen atoms in total. The highest BCUT2D eigenvalue weighted by Crippen LogP contribution is 2.05. The SMILES string of the molecule is Cc1ccc(CC(C)NCC(=O)O)cc1. The molecule has 0 saturated carbocycles. The van der Waals surface area contributed by atoms with Crippen molar-refractivity contribution >= 4 is 5.97 Å². The number of aliphatic carboxylic acids is 1. The molecular formula is C12H17NO2. The molecular weight excluding hydrogens is 190 g/mol. The van der Waals surface area contributed by atoms with Crippen LogP contribution in [0.5, 0.6) is 0 Å². The summed E-state index contributed by atoms with van der Waals surface area (Å²) in [7, 11) is 0. The number of nitrogens with one attached hydrogen (secondary N) is 1. The second-order valence-electron chi connectivity index (χ2n) is 3.87. The van der Waals surface area contributed by atoms with Crippen LogP contribution in [0.3, 0.4) is 0 Å². The van der Waals surface area contributed by atoms with Gasteiger partial charge in [0.05, 0.1) is 6.54 Å². The van der Waals surface area contributed by atoms with E-state index in [0.717, 1.165) is 6.42 Å². The first-order chi connectivity index (χ1) is 7.08. The van der Waals surface area contributed by atoms with Crippen LogP contribution in [-0.4, -0.2) is 23.7 Å². The fraction of sp³-hybridized carbons (Fsp3) is 0.417. The maximum absolute atomic E-state index is 10.3. The van der Waals surface area contributed by atoms with E-state index >= 15 is 0 Å². The molecule has 1 aromatic carbocycles. The molecule has 0 aliphatic carbocycles. The molecule has 0 heterocycles. The van der Waals surface area contributed by atoms with Gasteiger partial charge < -0.3 is 10.4 Å². The monoisotopic (exact) mass is 207 g/mol. The number of benzene rings is 1. The largest absolute Gasteiger partial charge is 0.480 e. The van der Waals surface area contributed by atoms with Gasteiger partial charge in [0.2, 0.25) is 0 Å². The highest BCUT2D eigenvalue weighted by Gasteiger charge is 2.04. The van der Waals surface area contributed by atoms with Crippen molar-refractivity contribution in [3.8, 4) is 0 Å². The van der Waals surface area contributed by atoms with Gasteiger partial charge in [-0.25, -0.2) is 0 Å². The predicted octanol–water partition coefficient (Wildman–Crippen LogP) is 1.60. The molecule has 0 radical (unpaired) electrons. The van der Waals surface area contributed by atoms with Crippen LogP contribution in [0.1, 0.15) is 18.1 Å². The Bertz CT molecular complexity index is 319. The lowest BCUT2D eigenvalue weighted by molar-refractivity contribution is -0.136. The van der Waals surface area contributed by atoms with E-state index in [9.17, 15) is 4.79 Å². The van der Waals surface area contributed by atoms with Gasteiger partial charge in [0.25, 0.3) is 0 Å². The molecule has 2 N–H and O–H groups in total. The Labute approximate surface area is 90.1 Å². The Kier molecular flexibility index (Phi) is 4.31. The van der Waals surface area contributed by atoms with E-state index in [2.05, 4.69) is 36.5 Å². The minimum absolute atomic E-state index is 0.0209. The molecule has 0 aromatic heterocycles. The Morgan fingerprint density at radius 3 is 2.53 bits per heavy atom. The molecule has 1 unspecified atom stereocenters. The van der Waals surface area contributed by atoms with Crippen LogP contribution in [0.15, 0.2) is 24.3 Å². The first-order valence-corrected chi connectivity index (χ1v) is 5.08. The van der Waals surface area contributed by atoms with Gasteiger partial charge in [-0.1, -0.05) is 29.8 Å². The summed E-state index contributed by atoms with van der Waals surface area (Å²) < 4.78 is 0. The van der Waals surface area contributed by atoms with Crippen molar-refractivity contribution in [1.82, 2.24) is 5.32 Å². The Hall–Kier alpha value is -1.35. The summed E-state index contributed by atoms with van der Waals surface area (Å²) in [6.07, 6.45) is 0.855. The smallest absolute Gasteiger partial charge is 0.317 e. The summed E-state index contributed by atoms with van der Waals surface area (Å²) in [5, 5.41) is 11.4. The minimum atomic E-state index is -0.814. The number of aryl methyl sites for hydroxylation is 1. The number of carboxylic acids is 1. The van der Waals surface area contributed by atoms with Crippen LogP contribution < -0.4 is 5.32 Å². The zero-order valence-electron chi connectivity index (χ0n) is 9.16. The van der Waals surface area contributed by atoms with Crippen LogP contribution in [0.25, 0.3) is 0 Å². The fourth-order valence-electron chi connectivity index (χ4n) is 1.41. The number of rotatable bonds is 5. The van der Waals surface area contributed by atoms with Crippen LogP contribution in [0, 0.1) is 6.92 Å². The molecule has 0 amide bonds. The molecule has 0 fully saturated rings. The molecule has 82 valence electrons. The van der Waals surface area contributed by atoms with Gasteiger partial charge in [-0.15, -0.1) is 0 Å². The standard InChI is InChI=1S/C12H17NO2/c1-9-3-5-11(6-4-9)7-10(2)13-8-12(14)15/h3-6,10,13H,7-8H2,1-2H3,(H,14,15). The van der Waals surface area contributed by atoms with Crippen molar-refractivity contribution in [3.63, 3.8) is 0 Å². The third-order valence-electron chi connectivity index (χ3n) is 2.26. The van der Waals surface area contributed by atoms with Crippen molar-refractivity contribution in [2.24, 2.45) is 0 Å². The number of carboxylic acid groups (broad SMARTS) is 1. The first-order valence-electron chi connectivity index (χ1n) is 5.08. The molecule has 1 atom stereocenters. The van der Waals surface area contributed by atoms with Crippen LogP contribution in [-0.2, 0) is 11.2 Å². The number of carbonyl (C=O) groups is 1. The Morgan fingerprint density at radius 1 is 1.40 bits per heavy atom. The summed E-state index contributed by atoms with van der Waals surface area (Å²) >= 11 is 0. The van der Waals surface area contributed by atoms with Gasteiger partial charge in [0, 0.05) is 6.04 Å². The molecule has 1 aromatic rings. The minimum Gasteiger partial charge on any atom is -0.480 e. The number of hydrogen-bond donors (Lipinski definition) is 2. The summed E-state index contributed by atoms with van der Waals surface area (Å²) in [5.41, 5.74) is 2.47. The Balaban J connectivity index is 2.40. The second kappa shape index (κ2) is 5.51. The first kappa shape index (κ1) is 11.7. The van der Waals surface area contributed by atoms with Crippen molar-refractivity contribution in [2.75, 3.05) is 6.54 Å².